The highest BCUT2D eigenvalue weighted by atomic mass is 16.5. The van der Waals surface area contributed by atoms with Crippen LogP contribution in [-0.4, -0.2) is 34.7 Å². The number of piperidine rings is 1. The number of nitrogens with two attached hydrogens (primary N) is 1. The largest absolute Gasteiger partial charge is 0.365 e. The summed E-state index contributed by atoms with van der Waals surface area (Å²) < 4.78 is 5.09. The third-order valence-corrected chi connectivity index (χ3v) is 3.11. The molecule has 5 heteroatoms. The molecule has 2 fully saturated rings. The van der Waals surface area contributed by atoms with Crippen LogP contribution in [0.25, 0.3) is 0 Å². The van der Waals surface area contributed by atoms with Crippen LogP contribution in [0.5, 0.6) is 0 Å². The number of nitrogen functional groups attached to an aromatic ring is 1. The number of rotatable bonds is 1. The maximum atomic E-state index is 5.41. The van der Waals surface area contributed by atoms with Crippen molar-refractivity contribution in [2.45, 2.75) is 12.3 Å². The monoisotopic (exact) mass is 180 g/mol. The molecular weight excluding hydrogens is 168 g/mol. The molecule has 0 radical (unpaired) electrons. The van der Waals surface area contributed by atoms with E-state index in [1.807, 2.05) is 0 Å². The lowest BCUT2D eigenvalue weighted by Gasteiger charge is -2.17. The molecule has 5 nitrogen and oxygen atoms in total. The maximum Gasteiger partial charge on any atom is 0.260 e. The van der Waals surface area contributed by atoms with E-state index >= 15 is 0 Å². The van der Waals surface area contributed by atoms with Crippen molar-refractivity contribution in [3.63, 3.8) is 0 Å². The van der Waals surface area contributed by atoms with Crippen LogP contribution >= 0.6 is 0 Å². The quantitative estimate of drug-likeness (QED) is 0.662. The predicted molar refractivity (Wildman–Crippen MR) is 46.0 cm³/mol. The van der Waals surface area contributed by atoms with Crippen LogP contribution in [0.4, 0.5) is 5.95 Å². The van der Waals surface area contributed by atoms with Gasteiger partial charge in [-0.1, -0.05) is 0 Å². The minimum Gasteiger partial charge on any atom is -0.365 e. The van der Waals surface area contributed by atoms with Crippen molar-refractivity contribution in [1.29, 1.82) is 0 Å². The van der Waals surface area contributed by atoms with Gasteiger partial charge in [0.25, 0.3) is 5.95 Å². The third kappa shape index (κ3) is 1.03. The van der Waals surface area contributed by atoms with Crippen LogP contribution in [-0.2, 0) is 0 Å². The van der Waals surface area contributed by atoms with Crippen molar-refractivity contribution in [3.8, 4) is 0 Å². The van der Waals surface area contributed by atoms with Gasteiger partial charge in [-0.15, -0.1) is 0 Å². The highest BCUT2D eigenvalue weighted by molar-refractivity contribution is 5.15. The topological polar surface area (TPSA) is 68.2 Å². The first kappa shape index (κ1) is 7.32. The molecule has 0 spiro atoms. The zero-order chi connectivity index (χ0) is 8.84. The first-order chi connectivity index (χ1) is 6.33. The van der Waals surface area contributed by atoms with Crippen molar-refractivity contribution in [1.82, 2.24) is 15.0 Å². The van der Waals surface area contributed by atoms with Crippen molar-refractivity contribution >= 4 is 5.95 Å². The van der Waals surface area contributed by atoms with E-state index in [0.29, 0.717) is 11.8 Å². The van der Waals surface area contributed by atoms with Crippen LogP contribution in [0.2, 0.25) is 0 Å². The molecule has 0 saturated carbocycles. The molecule has 1 aromatic heterocycles. The Morgan fingerprint density at radius 3 is 2.92 bits per heavy atom. The molecule has 3 rings (SSSR count). The Bertz CT molecular complexity index is 324. The minimum absolute atomic E-state index is 0.257. The summed E-state index contributed by atoms with van der Waals surface area (Å²) in [6.07, 6.45) is 1.26. The van der Waals surface area contributed by atoms with Crippen molar-refractivity contribution in [2.75, 3.05) is 25.4 Å². The molecule has 70 valence electrons. The first-order valence-corrected chi connectivity index (χ1v) is 4.64. The standard InChI is InChI=1S/C8H12N4O/c9-8-10-7(13-11-8)6-4-12-2-1-5(6)3-12/h5-6H,1-4H2,(H2,9,11)/t5-,6-/m0/s1. The van der Waals surface area contributed by atoms with Crippen LogP contribution in [0.15, 0.2) is 4.52 Å². The predicted octanol–water partition coefficient (Wildman–Crippen LogP) is 0.0709. The van der Waals surface area contributed by atoms with E-state index in [9.17, 15) is 0 Å². The normalized spacial score (nSPS) is 37.1. The van der Waals surface area contributed by atoms with Gasteiger partial charge in [0.2, 0.25) is 5.89 Å². The van der Waals surface area contributed by atoms with Crippen molar-refractivity contribution in [3.05, 3.63) is 5.89 Å². The van der Waals surface area contributed by atoms with Gasteiger partial charge in [-0.3, -0.25) is 0 Å². The number of fused-ring (bicyclic) bond motifs is 2. The van der Waals surface area contributed by atoms with Gasteiger partial charge >= 0.3 is 0 Å². The second kappa shape index (κ2) is 2.45. The lowest BCUT2D eigenvalue weighted by Crippen LogP contribution is -2.22. The number of hydrogen-bond acceptors (Lipinski definition) is 5. The fourth-order valence-electron chi connectivity index (χ4n) is 2.46. The molecule has 13 heavy (non-hydrogen) atoms. The molecule has 2 saturated heterocycles. The molecule has 2 N–H and O–H groups in total. The van der Waals surface area contributed by atoms with Gasteiger partial charge in [0.1, 0.15) is 0 Å². The summed E-state index contributed by atoms with van der Waals surface area (Å²) in [6.45, 7) is 3.48. The number of aromatic nitrogens is 2. The Hall–Kier alpha value is -1.10. The maximum absolute atomic E-state index is 5.41. The molecule has 0 aliphatic carbocycles. The minimum atomic E-state index is 0.257. The lowest BCUT2D eigenvalue weighted by molar-refractivity contribution is 0.289. The number of hydrogen-bond donors (Lipinski definition) is 1. The van der Waals surface area contributed by atoms with Gasteiger partial charge in [0.15, 0.2) is 0 Å². The molecule has 3 heterocycles. The Kier molecular flexibility index (Phi) is 1.38. The van der Waals surface area contributed by atoms with Crippen LogP contribution in [0.1, 0.15) is 18.2 Å². The highest BCUT2D eigenvalue weighted by Gasteiger charge is 2.41. The van der Waals surface area contributed by atoms with E-state index in [-0.39, 0.29) is 5.95 Å². The second-order valence-electron chi connectivity index (χ2n) is 3.91. The molecule has 2 aliphatic rings. The van der Waals surface area contributed by atoms with Crippen molar-refractivity contribution in [2.24, 2.45) is 5.92 Å². The summed E-state index contributed by atoms with van der Waals surface area (Å²) in [4.78, 5) is 6.52. The Morgan fingerprint density at radius 1 is 1.46 bits per heavy atom. The summed E-state index contributed by atoms with van der Waals surface area (Å²) in [5.74, 6) is 2.12. The van der Waals surface area contributed by atoms with E-state index in [2.05, 4.69) is 15.0 Å². The Balaban J connectivity index is 1.87. The Morgan fingerprint density at radius 2 is 2.38 bits per heavy atom. The molecular formula is C8H12N4O. The van der Waals surface area contributed by atoms with Crippen LogP contribution < -0.4 is 5.73 Å². The smallest absolute Gasteiger partial charge is 0.260 e. The second-order valence-corrected chi connectivity index (χ2v) is 3.91. The van der Waals surface area contributed by atoms with Gasteiger partial charge in [0, 0.05) is 13.1 Å². The van der Waals surface area contributed by atoms with Gasteiger partial charge in [-0.2, -0.15) is 4.98 Å². The number of anilines is 1. The van der Waals surface area contributed by atoms with Gasteiger partial charge in [-0.25, -0.2) is 0 Å². The summed E-state index contributed by atoms with van der Waals surface area (Å²) in [7, 11) is 0. The van der Waals surface area contributed by atoms with Gasteiger partial charge in [0.05, 0.1) is 5.92 Å². The fraction of sp³-hybridized carbons (Fsp3) is 0.750. The van der Waals surface area contributed by atoms with Gasteiger partial charge in [-0.05, 0) is 24.0 Å². The number of nitrogens with zero attached hydrogens (tertiary/aromatic N) is 3. The van der Waals surface area contributed by atoms with Crippen LogP contribution in [0.3, 0.4) is 0 Å². The highest BCUT2D eigenvalue weighted by Crippen LogP contribution is 2.38. The molecule has 1 unspecified atom stereocenters. The SMILES string of the molecule is Nc1noc([C@H]2CN3CC[C@H]2C3)n1. The van der Waals surface area contributed by atoms with E-state index in [1.54, 1.807) is 0 Å². The molecule has 2 bridgehead atoms. The average molecular weight is 180 g/mol. The van der Waals surface area contributed by atoms with E-state index in [0.717, 1.165) is 12.4 Å². The van der Waals surface area contributed by atoms with E-state index in [4.69, 9.17) is 10.3 Å². The molecule has 0 aromatic carbocycles. The summed E-state index contributed by atoms with van der Waals surface area (Å²) in [5.41, 5.74) is 5.41. The first-order valence-electron chi connectivity index (χ1n) is 4.64. The zero-order valence-corrected chi connectivity index (χ0v) is 7.31. The molecule has 1 aromatic rings. The summed E-state index contributed by atoms with van der Waals surface area (Å²) in [5, 5.41) is 3.62. The molecule has 0 amide bonds. The van der Waals surface area contributed by atoms with E-state index < -0.39 is 0 Å². The lowest BCUT2D eigenvalue weighted by atomic mass is 9.93. The summed E-state index contributed by atoms with van der Waals surface area (Å²) in [6, 6.07) is 0. The average Bonchev–Trinajstić information content (AvgIpc) is 2.77. The molecule has 2 aliphatic heterocycles. The molecule has 3 atom stereocenters. The fourth-order valence-corrected chi connectivity index (χ4v) is 2.46. The summed E-state index contributed by atoms with van der Waals surface area (Å²) >= 11 is 0. The van der Waals surface area contributed by atoms with E-state index in [1.165, 1.54) is 19.5 Å². The van der Waals surface area contributed by atoms with Crippen molar-refractivity contribution < 1.29 is 4.52 Å². The van der Waals surface area contributed by atoms with Gasteiger partial charge < -0.3 is 15.2 Å². The third-order valence-electron chi connectivity index (χ3n) is 3.11. The van der Waals surface area contributed by atoms with Crippen LogP contribution in [0, 0.1) is 5.92 Å². The zero-order valence-electron chi connectivity index (χ0n) is 7.31. The Labute approximate surface area is 75.9 Å².